The van der Waals surface area contributed by atoms with Gasteiger partial charge in [0.05, 0.1) is 30.9 Å². The van der Waals surface area contributed by atoms with Crippen LogP contribution in [0.4, 0.5) is 5.69 Å². The molecule has 0 amide bonds. The van der Waals surface area contributed by atoms with Crippen molar-refractivity contribution in [3.8, 4) is 11.3 Å². The molecule has 5 heteroatoms. The number of hydrogen-bond acceptors (Lipinski definition) is 4. The number of esters is 1. The van der Waals surface area contributed by atoms with E-state index in [1.165, 1.54) is 7.11 Å². The minimum Gasteiger partial charge on any atom is -0.465 e. The second-order valence-electron chi connectivity index (χ2n) is 3.68. The van der Waals surface area contributed by atoms with E-state index in [1.54, 1.807) is 30.7 Å². The number of imidazole rings is 1. The molecule has 0 spiro atoms. The molecule has 88 valence electrons. The van der Waals surface area contributed by atoms with Gasteiger partial charge in [-0.3, -0.25) is 0 Å². The molecule has 2 rings (SSSR count). The van der Waals surface area contributed by atoms with Crippen LogP contribution in [0.15, 0.2) is 30.7 Å². The number of carbonyl (C=O) groups excluding carboxylic acids is 1. The van der Waals surface area contributed by atoms with Crippen LogP contribution in [0.2, 0.25) is 0 Å². The number of benzene rings is 1. The van der Waals surface area contributed by atoms with Crippen LogP contribution < -0.4 is 5.73 Å². The Morgan fingerprint density at radius 2 is 2.24 bits per heavy atom. The van der Waals surface area contributed by atoms with Gasteiger partial charge in [0, 0.05) is 18.3 Å². The summed E-state index contributed by atoms with van der Waals surface area (Å²) in [6.07, 6.45) is 3.38. The van der Waals surface area contributed by atoms with Crippen molar-refractivity contribution < 1.29 is 9.53 Å². The third-order valence-electron chi connectivity index (χ3n) is 2.57. The number of rotatable bonds is 2. The van der Waals surface area contributed by atoms with E-state index in [4.69, 9.17) is 5.73 Å². The summed E-state index contributed by atoms with van der Waals surface area (Å²) in [6, 6.07) is 5.04. The number of nitrogens with zero attached hydrogens (tertiary/aromatic N) is 2. The summed E-state index contributed by atoms with van der Waals surface area (Å²) < 4.78 is 6.52. The summed E-state index contributed by atoms with van der Waals surface area (Å²) in [4.78, 5) is 15.5. The van der Waals surface area contributed by atoms with Gasteiger partial charge in [-0.25, -0.2) is 9.78 Å². The molecule has 0 unspecified atom stereocenters. The van der Waals surface area contributed by atoms with E-state index in [0.717, 1.165) is 11.3 Å². The number of aryl methyl sites for hydroxylation is 1. The van der Waals surface area contributed by atoms with E-state index in [0.29, 0.717) is 11.3 Å². The number of nitrogen functional groups attached to an aromatic ring is 1. The van der Waals surface area contributed by atoms with Crippen molar-refractivity contribution in [2.24, 2.45) is 7.05 Å². The lowest BCUT2D eigenvalue weighted by atomic mass is 10.1. The van der Waals surface area contributed by atoms with Gasteiger partial charge in [0.15, 0.2) is 0 Å². The Kier molecular flexibility index (Phi) is 2.82. The van der Waals surface area contributed by atoms with Crippen LogP contribution in [0.1, 0.15) is 10.4 Å². The maximum atomic E-state index is 11.4. The van der Waals surface area contributed by atoms with Crippen LogP contribution in [0.25, 0.3) is 11.3 Å². The molecule has 2 N–H and O–H groups in total. The first-order valence-electron chi connectivity index (χ1n) is 5.08. The predicted octanol–water partition coefficient (Wildman–Crippen LogP) is 1.46. The zero-order valence-corrected chi connectivity index (χ0v) is 9.68. The van der Waals surface area contributed by atoms with Crippen molar-refractivity contribution in [1.29, 1.82) is 0 Å². The highest BCUT2D eigenvalue weighted by Crippen LogP contribution is 2.26. The van der Waals surface area contributed by atoms with Crippen molar-refractivity contribution in [1.82, 2.24) is 9.55 Å². The summed E-state index contributed by atoms with van der Waals surface area (Å²) in [6.45, 7) is 0. The van der Waals surface area contributed by atoms with E-state index >= 15 is 0 Å². The molecule has 1 aromatic heterocycles. The largest absolute Gasteiger partial charge is 0.465 e. The maximum absolute atomic E-state index is 11.4. The first kappa shape index (κ1) is 11.2. The molecule has 1 heterocycles. The lowest BCUT2D eigenvalue weighted by molar-refractivity contribution is 0.0601. The third-order valence-corrected chi connectivity index (χ3v) is 2.57. The molecule has 2 aromatic rings. The Hall–Kier alpha value is -2.30. The van der Waals surface area contributed by atoms with E-state index in [9.17, 15) is 4.79 Å². The van der Waals surface area contributed by atoms with Gasteiger partial charge in [-0.2, -0.15) is 0 Å². The summed E-state index contributed by atoms with van der Waals surface area (Å²) >= 11 is 0. The van der Waals surface area contributed by atoms with Gasteiger partial charge >= 0.3 is 5.97 Å². The maximum Gasteiger partial charge on any atom is 0.337 e. The van der Waals surface area contributed by atoms with Crippen LogP contribution in [-0.4, -0.2) is 22.6 Å². The molecule has 0 fully saturated rings. The Morgan fingerprint density at radius 1 is 1.47 bits per heavy atom. The number of aromatic nitrogens is 2. The molecular weight excluding hydrogens is 218 g/mol. The van der Waals surface area contributed by atoms with E-state index < -0.39 is 0 Å². The van der Waals surface area contributed by atoms with E-state index in [-0.39, 0.29) is 5.97 Å². The third kappa shape index (κ3) is 1.99. The molecule has 0 bridgehead atoms. The molecule has 0 saturated heterocycles. The quantitative estimate of drug-likeness (QED) is 0.627. The molecule has 0 aliphatic heterocycles. The van der Waals surface area contributed by atoms with Crippen LogP contribution in [0.3, 0.4) is 0 Å². The van der Waals surface area contributed by atoms with Gasteiger partial charge in [0.2, 0.25) is 0 Å². The normalized spacial score (nSPS) is 10.2. The van der Waals surface area contributed by atoms with Crippen LogP contribution >= 0.6 is 0 Å². The summed E-state index contributed by atoms with van der Waals surface area (Å²) in [5, 5.41) is 0. The lowest BCUT2D eigenvalue weighted by Gasteiger charge is -2.08. The topological polar surface area (TPSA) is 70.1 Å². The second kappa shape index (κ2) is 4.29. The highest BCUT2D eigenvalue weighted by Gasteiger charge is 2.11. The fourth-order valence-electron chi connectivity index (χ4n) is 1.64. The average molecular weight is 231 g/mol. The second-order valence-corrected chi connectivity index (χ2v) is 3.68. The number of methoxy groups -OCH3 is 1. The van der Waals surface area contributed by atoms with Gasteiger partial charge in [-0.1, -0.05) is 0 Å². The molecular formula is C12H13N3O2. The smallest absolute Gasteiger partial charge is 0.337 e. The van der Waals surface area contributed by atoms with E-state index in [2.05, 4.69) is 9.72 Å². The lowest BCUT2D eigenvalue weighted by Crippen LogP contribution is -2.03. The van der Waals surface area contributed by atoms with Gasteiger partial charge in [0.25, 0.3) is 0 Å². The Labute approximate surface area is 98.8 Å². The Bertz CT molecular complexity index is 561. The monoisotopic (exact) mass is 231 g/mol. The summed E-state index contributed by atoms with van der Waals surface area (Å²) in [5.41, 5.74) is 8.59. The van der Waals surface area contributed by atoms with Crippen molar-refractivity contribution in [3.05, 3.63) is 36.3 Å². The number of hydrogen-bond donors (Lipinski definition) is 1. The highest BCUT2D eigenvalue weighted by atomic mass is 16.5. The SMILES string of the molecule is COC(=O)c1ccc(N)c(-c2cncn2C)c1. The first-order chi connectivity index (χ1) is 8.13. The molecule has 17 heavy (non-hydrogen) atoms. The Morgan fingerprint density at radius 3 is 2.82 bits per heavy atom. The van der Waals surface area contributed by atoms with Gasteiger partial charge < -0.3 is 15.0 Å². The van der Waals surface area contributed by atoms with Crippen LogP contribution in [0.5, 0.6) is 0 Å². The highest BCUT2D eigenvalue weighted by molar-refractivity contribution is 5.92. The van der Waals surface area contributed by atoms with Gasteiger partial charge in [-0.15, -0.1) is 0 Å². The molecule has 0 atom stereocenters. The molecule has 0 aliphatic carbocycles. The van der Waals surface area contributed by atoms with Crippen molar-refractivity contribution in [3.63, 3.8) is 0 Å². The fraction of sp³-hybridized carbons (Fsp3) is 0.167. The fourth-order valence-corrected chi connectivity index (χ4v) is 1.64. The van der Waals surface area contributed by atoms with E-state index in [1.807, 2.05) is 11.6 Å². The Balaban J connectivity index is 2.54. The predicted molar refractivity (Wildman–Crippen MR) is 64.4 cm³/mol. The molecule has 0 saturated carbocycles. The minimum atomic E-state index is -0.381. The summed E-state index contributed by atoms with van der Waals surface area (Å²) in [7, 11) is 3.22. The van der Waals surface area contributed by atoms with Crippen LogP contribution in [-0.2, 0) is 11.8 Å². The number of ether oxygens (including phenoxy) is 1. The summed E-state index contributed by atoms with van der Waals surface area (Å²) in [5.74, 6) is -0.381. The number of anilines is 1. The van der Waals surface area contributed by atoms with Gasteiger partial charge in [0.1, 0.15) is 0 Å². The minimum absolute atomic E-state index is 0.381. The molecule has 1 aromatic carbocycles. The number of carbonyl (C=O) groups is 1. The average Bonchev–Trinajstić information content (AvgIpc) is 2.75. The van der Waals surface area contributed by atoms with Gasteiger partial charge in [-0.05, 0) is 18.2 Å². The first-order valence-corrected chi connectivity index (χ1v) is 5.08. The standard InChI is InChI=1S/C12H13N3O2/c1-15-7-14-6-11(15)9-5-8(12(16)17-2)3-4-10(9)13/h3-7H,13H2,1-2H3. The molecule has 0 aliphatic rings. The van der Waals surface area contributed by atoms with Crippen molar-refractivity contribution in [2.45, 2.75) is 0 Å². The van der Waals surface area contributed by atoms with Crippen molar-refractivity contribution in [2.75, 3.05) is 12.8 Å². The van der Waals surface area contributed by atoms with Crippen LogP contribution in [0, 0.1) is 0 Å². The number of nitrogens with two attached hydrogens (primary N) is 1. The molecule has 5 nitrogen and oxygen atoms in total. The zero-order valence-electron chi connectivity index (χ0n) is 9.68. The van der Waals surface area contributed by atoms with Crippen molar-refractivity contribution >= 4 is 11.7 Å². The zero-order chi connectivity index (χ0) is 12.4. The molecule has 0 radical (unpaired) electrons.